The van der Waals surface area contributed by atoms with Crippen LogP contribution in [0.2, 0.25) is 0 Å². The number of allylic oxidation sites excluding steroid dienone is 4. The van der Waals surface area contributed by atoms with E-state index >= 15 is 0 Å². The molecular formula is C19H26O. The van der Waals surface area contributed by atoms with Gasteiger partial charge >= 0.3 is 0 Å². The van der Waals surface area contributed by atoms with Gasteiger partial charge in [-0.2, -0.15) is 0 Å². The van der Waals surface area contributed by atoms with Crippen molar-refractivity contribution in [2.45, 2.75) is 58.8 Å². The van der Waals surface area contributed by atoms with E-state index in [1.165, 1.54) is 31.3 Å². The fraction of sp³-hybridized carbons (Fsp3) is 0.737. The highest BCUT2D eigenvalue weighted by Crippen LogP contribution is 2.63. The van der Waals surface area contributed by atoms with Gasteiger partial charge in [-0.15, -0.1) is 0 Å². The minimum atomic E-state index is 0.334. The Morgan fingerprint density at radius 2 is 2.00 bits per heavy atom. The van der Waals surface area contributed by atoms with Crippen molar-refractivity contribution in [1.82, 2.24) is 0 Å². The first-order chi connectivity index (χ1) is 9.53. The fourth-order valence-electron chi connectivity index (χ4n) is 5.96. The fourth-order valence-corrected chi connectivity index (χ4v) is 5.96. The van der Waals surface area contributed by atoms with Gasteiger partial charge in [0.1, 0.15) is 5.78 Å². The molecule has 4 aliphatic rings. The normalized spacial score (nSPS) is 50.2. The van der Waals surface area contributed by atoms with Gasteiger partial charge in [0.25, 0.3) is 0 Å². The van der Waals surface area contributed by atoms with Crippen LogP contribution >= 0.6 is 0 Å². The predicted octanol–water partition coefficient (Wildman–Crippen LogP) is 4.68. The summed E-state index contributed by atoms with van der Waals surface area (Å²) in [5.74, 6) is 3.00. The molecule has 1 nitrogen and oxygen atoms in total. The quantitative estimate of drug-likeness (QED) is 0.584. The highest BCUT2D eigenvalue weighted by Gasteiger charge is 2.54. The van der Waals surface area contributed by atoms with Crippen molar-refractivity contribution in [2.24, 2.45) is 28.6 Å². The minimum absolute atomic E-state index is 0.334. The summed E-state index contributed by atoms with van der Waals surface area (Å²) in [6.07, 6.45) is 15.3. The summed E-state index contributed by atoms with van der Waals surface area (Å²) in [5.41, 5.74) is 2.29. The zero-order chi connectivity index (χ0) is 14.0. The Hall–Kier alpha value is -0.850. The van der Waals surface area contributed by atoms with Crippen LogP contribution in [0.5, 0.6) is 0 Å². The average molecular weight is 270 g/mol. The molecule has 0 aromatic heterocycles. The van der Waals surface area contributed by atoms with Crippen LogP contribution in [0, 0.1) is 28.6 Å². The molecule has 5 atom stereocenters. The molecule has 4 rings (SSSR count). The summed E-state index contributed by atoms with van der Waals surface area (Å²) in [6.45, 7) is 4.94. The molecule has 2 fully saturated rings. The zero-order valence-corrected chi connectivity index (χ0v) is 12.8. The molecule has 0 spiro atoms. The molecule has 0 amide bonds. The standard InChI is InChI=1S/C19H26O/c1-18-9-3-4-16(18)15-6-5-13-12-14(20)7-11-19(13,2)17(15)8-10-18/h3,5,9,15-17H,4,6-8,10-12H2,1-2H3/t15-,16-,17-,18-,19-/m0/s1. The number of Topliss-reactive ketones (excluding diaryl/α,β-unsaturated/α-hetero) is 1. The molecule has 4 aliphatic carbocycles. The summed E-state index contributed by atoms with van der Waals surface area (Å²) in [7, 11) is 0. The largest absolute Gasteiger partial charge is 0.299 e. The Labute approximate surface area is 122 Å². The van der Waals surface area contributed by atoms with E-state index < -0.39 is 0 Å². The van der Waals surface area contributed by atoms with Crippen molar-refractivity contribution >= 4 is 5.78 Å². The van der Waals surface area contributed by atoms with E-state index in [1.54, 1.807) is 0 Å². The second kappa shape index (κ2) is 4.08. The number of ketones is 1. The number of rotatable bonds is 0. The molecule has 0 bridgehead atoms. The van der Waals surface area contributed by atoms with Crippen molar-refractivity contribution in [3.8, 4) is 0 Å². The van der Waals surface area contributed by atoms with Crippen LogP contribution in [0.4, 0.5) is 0 Å². The van der Waals surface area contributed by atoms with E-state index in [0.717, 1.165) is 37.0 Å². The first-order valence-electron chi connectivity index (χ1n) is 8.42. The van der Waals surface area contributed by atoms with Crippen LogP contribution < -0.4 is 0 Å². The van der Waals surface area contributed by atoms with Crippen molar-refractivity contribution in [3.05, 3.63) is 23.8 Å². The molecule has 0 aromatic rings. The average Bonchev–Trinajstić information content (AvgIpc) is 2.81. The summed E-state index contributed by atoms with van der Waals surface area (Å²) >= 11 is 0. The molecule has 0 aromatic carbocycles. The van der Waals surface area contributed by atoms with Crippen LogP contribution in [0.15, 0.2) is 23.8 Å². The Balaban J connectivity index is 1.70. The van der Waals surface area contributed by atoms with E-state index in [2.05, 4.69) is 32.1 Å². The predicted molar refractivity (Wildman–Crippen MR) is 81.2 cm³/mol. The van der Waals surface area contributed by atoms with Gasteiger partial charge in [-0.1, -0.05) is 37.6 Å². The van der Waals surface area contributed by atoms with E-state index in [-0.39, 0.29) is 0 Å². The molecule has 2 saturated carbocycles. The third-order valence-electron chi connectivity index (χ3n) is 7.26. The number of carbonyl (C=O) groups is 1. The number of carbonyl (C=O) groups excluding carboxylic acids is 1. The van der Waals surface area contributed by atoms with Gasteiger partial charge in [-0.05, 0) is 60.7 Å². The second-order valence-corrected chi connectivity index (χ2v) is 8.16. The van der Waals surface area contributed by atoms with Gasteiger partial charge in [0.05, 0.1) is 0 Å². The van der Waals surface area contributed by atoms with Gasteiger partial charge < -0.3 is 0 Å². The van der Waals surface area contributed by atoms with E-state index in [9.17, 15) is 4.79 Å². The minimum Gasteiger partial charge on any atom is -0.299 e. The van der Waals surface area contributed by atoms with E-state index in [1.807, 2.05) is 0 Å². The topological polar surface area (TPSA) is 17.1 Å². The molecule has 108 valence electrons. The lowest BCUT2D eigenvalue weighted by molar-refractivity contribution is -0.122. The molecule has 0 saturated heterocycles. The van der Waals surface area contributed by atoms with Gasteiger partial charge in [0.2, 0.25) is 0 Å². The van der Waals surface area contributed by atoms with Crippen LogP contribution in [0.25, 0.3) is 0 Å². The lowest BCUT2D eigenvalue weighted by Crippen LogP contribution is -2.48. The van der Waals surface area contributed by atoms with Crippen molar-refractivity contribution in [1.29, 1.82) is 0 Å². The highest BCUT2D eigenvalue weighted by molar-refractivity contribution is 5.82. The third kappa shape index (κ3) is 1.58. The van der Waals surface area contributed by atoms with Crippen molar-refractivity contribution < 1.29 is 4.79 Å². The lowest BCUT2D eigenvalue weighted by Gasteiger charge is -2.56. The highest BCUT2D eigenvalue weighted by atomic mass is 16.1. The SMILES string of the molecule is C[C@@]12C=CC[C@H]1[C@@H]1CC=C3CC(=O)CC[C@]3(C)[C@H]1CC2. The first-order valence-corrected chi connectivity index (χ1v) is 8.42. The third-order valence-corrected chi connectivity index (χ3v) is 7.26. The van der Waals surface area contributed by atoms with Crippen molar-refractivity contribution in [3.63, 3.8) is 0 Å². The van der Waals surface area contributed by atoms with Gasteiger partial charge in [-0.25, -0.2) is 0 Å². The summed E-state index contributed by atoms with van der Waals surface area (Å²) in [4.78, 5) is 11.8. The summed E-state index contributed by atoms with van der Waals surface area (Å²) in [6, 6.07) is 0. The lowest BCUT2D eigenvalue weighted by atomic mass is 9.48. The molecule has 1 heteroatoms. The molecular weight excluding hydrogens is 244 g/mol. The number of hydrogen-bond donors (Lipinski definition) is 0. The maximum absolute atomic E-state index is 11.8. The van der Waals surface area contributed by atoms with E-state index in [4.69, 9.17) is 0 Å². The van der Waals surface area contributed by atoms with Crippen molar-refractivity contribution in [2.75, 3.05) is 0 Å². The zero-order valence-electron chi connectivity index (χ0n) is 12.8. The monoisotopic (exact) mass is 270 g/mol. The maximum atomic E-state index is 11.8. The Morgan fingerprint density at radius 3 is 2.85 bits per heavy atom. The van der Waals surface area contributed by atoms with Crippen LogP contribution in [-0.4, -0.2) is 5.78 Å². The molecule has 0 unspecified atom stereocenters. The van der Waals surface area contributed by atoms with Gasteiger partial charge in [0, 0.05) is 12.8 Å². The summed E-state index contributed by atoms with van der Waals surface area (Å²) in [5, 5.41) is 0. The van der Waals surface area contributed by atoms with Crippen LogP contribution in [-0.2, 0) is 4.79 Å². The Bertz CT molecular complexity index is 514. The summed E-state index contributed by atoms with van der Waals surface area (Å²) < 4.78 is 0. The Morgan fingerprint density at radius 1 is 1.15 bits per heavy atom. The molecule has 0 N–H and O–H groups in total. The second-order valence-electron chi connectivity index (χ2n) is 8.16. The molecule has 0 aliphatic heterocycles. The molecule has 20 heavy (non-hydrogen) atoms. The number of fused-ring (bicyclic) bond motifs is 5. The molecule has 0 heterocycles. The van der Waals surface area contributed by atoms with E-state index in [0.29, 0.717) is 16.6 Å². The Kier molecular flexibility index (Phi) is 2.63. The van der Waals surface area contributed by atoms with Crippen LogP contribution in [0.1, 0.15) is 58.8 Å². The van der Waals surface area contributed by atoms with Crippen LogP contribution in [0.3, 0.4) is 0 Å². The first kappa shape index (κ1) is 12.9. The maximum Gasteiger partial charge on any atom is 0.136 e. The number of hydrogen-bond acceptors (Lipinski definition) is 1. The smallest absolute Gasteiger partial charge is 0.136 e. The van der Waals surface area contributed by atoms with Gasteiger partial charge in [-0.3, -0.25) is 4.79 Å². The van der Waals surface area contributed by atoms with Gasteiger partial charge in [0.15, 0.2) is 0 Å². The molecule has 0 radical (unpaired) electrons.